The predicted octanol–water partition coefficient (Wildman–Crippen LogP) is 1.50. The molecule has 0 aliphatic carbocycles. The number of likely N-dealkylation sites (N-methyl/N-ethyl adjacent to an activating group) is 1. The van der Waals surface area contributed by atoms with Gasteiger partial charge in [0.25, 0.3) is 0 Å². The highest BCUT2D eigenvalue weighted by molar-refractivity contribution is 7.09. The molecule has 4 heteroatoms. The number of nitrogens with zero attached hydrogens (tertiary/aromatic N) is 1. The predicted molar refractivity (Wildman–Crippen MR) is 66.7 cm³/mol. The minimum Gasteiger partial charge on any atom is -0.344 e. The zero-order chi connectivity index (χ0) is 11.4. The van der Waals surface area contributed by atoms with Gasteiger partial charge >= 0.3 is 0 Å². The summed E-state index contributed by atoms with van der Waals surface area (Å²) in [5.41, 5.74) is 0. The normalized spacial score (nSPS) is 19.9. The largest absolute Gasteiger partial charge is 0.344 e. The summed E-state index contributed by atoms with van der Waals surface area (Å²) in [4.78, 5) is 15.2. The van der Waals surface area contributed by atoms with Crippen LogP contribution in [0.3, 0.4) is 0 Å². The highest BCUT2D eigenvalue weighted by Gasteiger charge is 2.24. The van der Waals surface area contributed by atoms with Gasteiger partial charge in [0.1, 0.15) is 0 Å². The number of amides is 1. The molecule has 0 unspecified atom stereocenters. The molecule has 1 aromatic rings. The van der Waals surface area contributed by atoms with Crippen LogP contribution in [0.25, 0.3) is 0 Å². The van der Waals surface area contributed by atoms with Crippen molar-refractivity contribution >= 4 is 17.2 Å². The lowest BCUT2D eigenvalue weighted by atomic mass is 10.2. The van der Waals surface area contributed by atoms with Gasteiger partial charge in [-0.3, -0.25) is 4.79 Å². The molecule has 16 heavy (non-hydrogen) atoms. The van der Waals surface area contributed by atoms with E-state index in [1.165, 1.54) is 4.88 Å². The van der Waals surface area contributed by atoms with E-state index in [0.29, 0.717) is 0 Å². The first-order valence-electron chi connectivity index (χ1n) is 5.78. The minimum atomic E-state index is 0.0633. The fraction of sp³-hybridized carbons (Fsp3) is 0.583. The lowest BCUT2D eigenvalue weighted by Crippen LogP contribution is -2.42. The smallest absolute Gasteiger partial charge is 0.239 e. The first-order chi connectivity index (χ1) is 7.77. The van der Waals surface area contributed by atoms with E-state index in [-0.39, 0.29) is 11.9 Å². The molecule has 1 aromatic heterocycles. The molecule has 1 aliphatic rings. The van der Waals surface area contributed by atoms with Crippen LogP contribution < -0.4 is 5.32 Å². The van der Waals surface area contributed by atoms with E-state index < -0.39 is 0 Å². The lowest BCUT2D eigenvalue weighted by Gasteiger charge is -2.20. The van der Waals surface area contributed by atoms with Gasteiger partial charge in [0.15, 0.2) is 0 Å². The zero-order valence-electron chi connectivity index (χ0n) is 9.61. The third-order valence-corrected chi connectivity index (χ3v) is 3.94. The van der Waals surface area contributed by atoms with Crippen LogP contribution >= 0.6 is 11.3 Å². The topological polar surface area (TPSA) is 32.3 Å². The van der Waals surface area contributed by atoms with Gasteiger partial charge in [0.05, 0.1) is 6.04 Å². The summed E-state index contributed by atoms with van der Waals surface area (Å²) in [6.07, 6.45) is 3.07. The van der Waals surface area contributed by atoms with Crippen LogP contribution in [0.1, 0.15) is 17.7 Å². The summed E-state index contributed by atoms with van der Waals surface area (Å²) in [5.74, 6) is 0.244. The summed E-state index contributed by atoms with van der Waals surface area (Å²) in [6.45, 7) is 1.80. The van der Waals surface area contributed by atoms with Crippen molar-refractivity contribution in [1.82, 2.24) is 10.2 Å². The van der Waals surface area contributed by atoms with E-state index in [9.17, 15) is 4.79 Å². The molecule has 0 saturated carbocycles. The molecule has 1 fully saturated rings. The van der Waals surface area contributed by atoms with Crippen molar-refractivity contribution in [2.24, 2.45) is 0 Å². The van der Waals surface area contributed by atoms with Crippen molar-refractivity contribution in [1.29, 1.82) is 0 Å². The SMILES string of the molecule is CN(CCc1cccs1)C(=O)[C@@H]1CCCN1. The number of hydrogen-bond acceptors (Lipinski definition) is 3. The van der Waals surface area contributed by atoms with E-state index in [2.05, 4.69) is 22.8 Å². The monoisotopic (exact) mass is 238 g/mol. The van der Waals surface area contributed by atoms with Gasteiger partial charge in [0, 0.05) is 18.5 Å². The first kappa shape index (κ1) is 11.6. The molecule has 1 aliphatic heterocycles. The first-order valence-corrected chi connectivity index (χ1v) is 6.66. The highest BCUT2D eigenvalue weighted by atomic mass is 32.1. The molecule has 2 heterocycles. The average molecular weight is 238 g/mol. The van der Waals surface area contributed by atoms with Gasteiger partial charge in [-0.1, -0.05) is 6.07 Å². The fourth-order valence-corrected chi connectivity index (χ4v) is 2.70. The molecule has 0 aromatic carbocycles. The standard InChI is InChI=1S/C12H18N2OS/c1-14(8-6-10-4-3-9-16-10)12(15)11-5-2-7-13-11/h3-4,9,11,13H,2,5-8H2,1H3/t11-/m0/s1. The Hall–Kier alpha value is -0.870. The number of carbonyl (C=O) groups excluding carboxylic acids is 1. The maximum Gasteiger partial charge on any atom is 0.239 e. The van der Waals surface area contributed by atoms with Crippen LogP contribution in [-0.4, -0.2) is 37.0 Å². The van der Waals surface area contributed by atoms with Crippen LogP contribution in [0.2, 0.25) is 0 Å². The molecule has 1 atom stereocenters. The van der Waals surface area contributed by atoms with Gasteiger partial charge in [-0.25, -0.2) is 0 Å². The molecule has 0 radical (unpaired) electrons. The number of rotatable bonds is 4. The van der Waals surface area contributed by atoms with Crippen LogP contribution in [0.4, 0.5) is 0 Å². The van der Waals surface area contributed by atoms with Crippen LogP contribution in [0, 0.1) is 0 Å². The van der Waals surface area contributed by atoms with Crippen LogP contribution in [-0.2, 0) is 11.2 Å². The number of thiophene rings is 1. The van der Waals surface area contributed by atoms with Crippen molar-refractivity contribution in [3.63, 3.8) is 0 Å². The fourth-order valence-electron chi connectivity index (χ4n) is 2.00. The van der Waals surface area contributed by atoms with E-state index in [1.54, 1.807) is 11.3 Å². The maximum atomic E-state index is 12.0. The van der Waals surface area contributed by atoms with Gasteiger partial charge in [-0.2, -0.15) is 0 Å². The van der Waals surface area contributed by atoms with Gasteiger partial charge < -0.3 is 10.2 Å². The average Bonchev–Trinajstić information content (AvgIpc) is 2.96. The third kappa shape index (κ3) is 2.83. The summed E-state index contributed by atoms with van der Waals surface area (Å²) in [5, 5.41) is 5.32. The molecular formula is C12H18N2OS. The van der Waals surface area contributed by atoms with Crippen molar-refractivity contribution in [2.45, 2.75) is 25.3 Å². The Labute approximate surface area is 100 Å². The van der Waals surface area contributed by atoms with E-state index >= 15 is 0 Å². The number of hydrogen-bond donors (Lipinski definition) is 1. The second kappa shape index (κ2) is 5.46. The molecule has 1 saturated heterocycles. The Kier molecular flexibility index (Phi) is 3.96. The van der Waals surface area contributed by atoms with E-state index in [0.717, 1.165) is 32.4 Å². The number of nitrogens with one attached hydrogen (secondary N) is 1. The summed E-state index contributed by atoms with van der Waals surface area (Å²) in [7, 11) is 1.90. The molecule has 0 bridgehead atoms. The van der Waals surface area contributed by atoms with Crippen molar-refractivity contribution in [3.8, 4) is 0 Å². The van der Waals surface area contributed by atoms with E-state index in [1.807, 2.05) is 11.9 Å². The Morgan fingerprint density at radius 3 is 3.19 bits per heavy atom. The summed E-state index contributed by atoms with van der Waals surface area (Å²) < 4.78 is 0. The van der Waals surface area contributed by atoms with Crippen LogP contribution in [0.5, 0.6) is 0 Å². The number of carbonyl (C=O) groups is 1. The zero-order valence-corrected chi connectivity index (χ0v) is 10.4. The Balaban J connectivity index is 1.78. The molecule has 3 nitrogen and oxygen atoms in total. The summed E-state index contributed by atoms with van der Waals surface area (Å²) >= 11 is 1.76. The molecule has 1 N–H and O–H groups in total. The molecule has 88 valence electrons. The highest BCUT2D eigenvalue weighted by Crippen LogP contribution is 2.11. The second-order valence-electron chi connectivity index (χ2n) is 4.24. The van der Waals surface area contributed by atoms with Crippen LogP contribution in [0.15, 0.2) is 17.5 Å². The minimum absolute atomic E-state index is 0.0633. The molecular weight excluding hydrogens is 220 g/mol. The Morgan fingerprint density at radius 2 is 2.56 bits per heavy atom. The Bertz CT molecular complexity index is 331. The van der Waals surface area contributed by atoms with Gasteiger partial charge in [-0.15, -0.1) is 11.3 Å². The molecule has 2 rings (SSSR count). The second-order valence-corrected chi connectivity index (χ2v) is 5.27. The lowest BCUT2D eigenvalue weighted by molar-refractivity contribution is -0.131. The Morgan fingerprint density at radius 1 is 1.69 bits per heavy atom. The summed E-state index contributed by atoms with van der Waals surface area (Å²) in [6, 6.07) is 4.24. The molecule has 0 spiro atoms. The van der Waals surface area contributed by atoms with Crippen molar-refractivity contribution in [3.05, 3.63) is 22.4 Å². The third-order valence-electron chi connectivity index (χ3n) is 3.01. The van der Waals surface area contributed by atoms with Crippen molar-refractivity contribution in [2.75, 3.05) is 20.1 Å². The van der Waals surface area contributed by atoms with Crippen molar-refractivity contribution < 1.29 is 4.79 Å². The quantitative estimate of drug-likeness (QED) is 0.862. The maximum absolute atomic E-state index is 12.0. The van der Waals surface area contributed by atoms with Gasteiger partial charge in [0.2, 0.25) is 5.91 Å². The molecule has 1 amide bonds. The van der Waals surface area contributed by atoms with E-state index in [4.69, 9.17) is 0 Å². The van der Waals surface area contributed by atoms with Gasteiger partial charge in [-0.05, 0) is 37.3 Å².